The summed E-state index contributed by atoms with van der Waals surface area (Å²) in [5.41, 5.74) is 8.53. The number of ether oxygens (including phenoxy) is 1. The Morgan fingerprint density at radius 3 is 2.32 bits per heavy atom. The number of aliphatic imine (C=N–C) groups is 1. The Morgan fingerprint density at radius 1 is 1.08 bits per heavy atom. The van der Waals surface area contributed by atoms with E-state index in [1.165, 1.54) is 11.1 Å². The van der Waals surface area contributed by atoms with Crippen LogP contribution in [0.2, 0.25) is 0 Å². The molecule has 2 rings (SSSR count). The van der Waals surface area contributed by atoms with Crippen LogP contribution in [0.1, 0.15) is 16.7 Å². The zero-order chi connectivity index (χ0) is 18.1. The summed E-state index contributed by atoms with van der Waals surface area (Å²) in [7, 11) is 1.73. The molecule has 2 aromatic carbocycles. The summed E-state index contributed by atoms with van der Waals surface area (Å²) in [6.45, 7) is 3.23. The van der Waals surface area contributed by atoms with Gasteiger partial charge >= 0.3 is 0 Å². The Bertz CT molecular complexity index is 744. The number of guanidine groups is 1. The Hall–Kier alpha value is -3.02. The lowest BCUT2D eigenvalue weighted by Gasteiger charge is -2.13. The fourth-order valence-corrected chi connectivity index (χ4v) is 2.31. The number of hydrogen-bond acceptors (Lipinski definition) is 3. The van der Waals surface area contributed by atoms with Crippen molar-refractivity contribution in [2.75, 3.05) is 13.7 Å². The quantitative estimate of drug-likeness (QED) is 0.529. The first-order valence-electron chi connectivity index (χ1n) is 8.07. The maximum absolute atomic E-state index is 10.8. The van der Waals surface area contributed by atoms with Crippen LogP contribution in [0.5, 0.6) is 5.75 Å². The third kappa shape index (κ3) is 6.55. The van der Waals surface area contributed by atoms with Crippen molar-refractivity contribution in [3.8, 4) is 5.75 Å². The predicted molar refractivity (Wildman–Crippen MR) is 99.3 cm³/mol. The maximum atomic E-state index is 10.8. The van der Waals surface area contributed by atoms with Crippen LogP contribution in [0, 0.1) is 6.92 Å². The first-order chi connectivity index (χ1) is 12.1. The summed E-state index contributed by atoms with van der Waals surface area (Å²) in [5.74, 6) is 0.829. The highest BCUT2D eigenvalue weighted by Crippen LogP contribution is 2.13. The van der Waals surface area contributed by atoms with Crippen LogP contribution in [0.3, 0.4) is 0 Å². The van der Waals surface area contributed by atoms with E-state index < -0.39 is 5.91 Å². The third-order valence-corrected chi connectivity index (χ3v) is 3.51. The van der Waals surface area contributed by atoms with Crippen LogP contribution in [0.15, 0.2) is 53.5 Å². The summed E-state index contributed by atoms with van der Waals surface area (Å²) in [6, 6.07) is 15.8. The van der Waals surface area contributed by atoms with Crippen LogP contribution in [0.25, 0.3) is 0 Å². The van der Waals surface area contributed by atoms with Gasteiger partial charge in [0.2, 0.25) is 0 Å². The van der Waals surface area contributed by atoms with Crippen molar-refractivity contribution in [2.45, 2.75) is 20.0 Å². The molecular weight excluding hydrogens is 316 g/mol. The van der Waals surface area contributed by atoms with Crippen LogP contribution in [-0.4, -0.2) is 25.5 Å². The summed E-state index contributed by atoms with van der Waals surface area (Å²) < 4.78 is 5.31. The fourth-order valence-electron chi connectivity index (χ4n) is 2.31. The molecular formula is C19H24N4O2. The topological polar surface area (TPSA) is 88.7 Å². The van der Waals surface area contributed by atoms with Gasteiger partial charge in [0.25, 0.3) is 5.91 Å². The monoisotopic (exact) mass is 340 g/mol. The van der Waals surface area contributed by atoms with Crippen LogP contribution in [0.4, 0.5) is 0 Å². The van der Waals surface area contributed by atoms with Crippen molar-refractivity contribution in [1.29, 1.82) is 0 Å². The van der Waals surface area contributed by atoms with E-state index in [0.717, 1.165) is 5.56 Å². The molecule has 6 nitrogen and oxygen atoms in total. The second kappa shape index (κ2) is 9.32. The molecule has 0 aliphatic heterocycles. The lowest BCUT2D eigenvalue weighted by Crippen LogP contribution is -2.36. The second-order valence-electron chi connectivity index (χ2n) is 5.67. The summed E-state index contributed by atoms with van der Waals surface area (Å²) in [5, 5.41) is 6.54. The van der Waals surface area contributed by atoms with Crippen molar-refractivity contribution < 1.29 is 9.53 Å². The van der Waals surface area contributed by atoms with Gasteiger partial charge in [-0.2, -0.15) is 0 Å². The maximum Gasteiger partial charge on any atom is 0.255 e. The average Bonchev–Trinajstić information content (AvgIpc) is 2.60. The largest absolute Gasteiger partial charge is 0.484 e. The molecule has 0 fully saturated rings. The minimum atomic E-state index is -0.496. The molecule has 0 radical (unpaired) electrons. The number of benzene rings is 2. The zero-order valence-electron chi connectivity index (χ0n) is 14.6. The van der Waals surface area contributed by atoms with Crippen molar-refractivity contribution >= 4 is 11.9 Å². The molecule has 0 saturated carbocycles. The van der Waals surface area contributed by atoms with E-state index in [9.17, 15) is 4.79 Å². The van der Waals surface area contributed by atoms with E-state index in [1.54, 1.807) is 13.1 Å². The van der Waals surface area contributed by atoms with Gasteiger partial charge in [0.05, 0.1) is 0 Å². The first-order valence-corrected chi connectivity index (χ1v) is 8.07. The van der Waals surface area contributed by atoms with Crippen LogP contribution in [-0.2, 0) is 17.9 Å². The summed E-state index contributed by atoms with van der Waals surface area (Å²) >= 11 is 0. The van der Waals surface area contributed by atoms with Gasteiger partial charge in [-0.25, -0.2) is 0 Å². The normalized spacial score (nSPS) is 11.0. The molecule has 0 atom stereocenters. The molecule has 0 aliphatic rings. The number of carbonyl (C=O) groups excluding carboxylic acids is 1. The number of nitrogens with one attached hydrogen (secondary N) is 2. The molecule has 4 N–H and O–H groups in total. The minimum Gasteiger partial charge on any atom is -0.484 e. The van der Waals surface area contributed by atoms with Gasteiger partial charge in [0.1, 0.15) is 5.75 Å². The van der Waals surface area contributed by atoms with E-state index in [-0.39, 0.29) is 6.61 Å². The molecule has 0 aromatic heterocycles. The summed E-state index contributed by atoms with van der Waals surface area (Å²) in [4.78, 5) is 15.0. The highest BCUT2D eigenvalue weighted by Gasteiger charge is 2.02. The molecule has 0 aliphatic carbocycles. The van der Waals surface area contributed by atoms with Gasteiger partial charge in [0, 0.05) is 20.1 Å². The van der Waals surface area contributed by atoms with E-state index in [4.69, 9.17) is 10.5 Å². The molecule has 0 bridgehead atoms. The van der Waals surface area contributed by atoms with Gasteiger partial charge in [0.15, 0.2) is 12.6 Å². The van der Waals surface area contributed by atoms with Crippen LogP contribution >= 0.6 is 0 Å². The Kier molecular flexibility index (Phi) is 6.83. The van der Waals surface area contributed by atoms with Gasteiger partial charge in [-0.05, 0) is 30.2 Å². The highest BCUT2D eigenvalue weighted by atomic mass is 16.5. The fraction of sp³-hybridized carbons (Fsp3) is 0.263. The molecule has 0 heterocycles. The first kappa shape index (κ1) is 18.3. The number of nitrogens with zero attached hydrogens (tertiary/aromatic N) is 1. The number of aryl methyl sites for hydroxylation is 1. The standard InChI is InChI=1S/C19H24N4O2/c1-14-5-3-6-15(9-14)11-22-19(21-2)23-12-16-7-4-8-17(10-16)25-13-18(20)24/h3-10H,11-13H2,1-2H3,(H2,20,24)(H2,21,22,23). The van der Waals surface area contributed by atoms with E-state index in [0.29, 0.717) is 24.8 Å². The number of hydrogen-bond donors (Lipinski definition) is 3. The zero-order valence-corrected chi connectivity index (χ0v) is 14.6. The van der Waals surface area contributed by atoms with E-state index in [1.807, 2.05) is 24.3 Å². The summed E-state index contributed by atoms with van der Waals surface area (Å²) in [6.07, 6.45) is 0. The lowest BCUT2D eigenvalue weighted by molar-refractivity contribution is -0.119. The molecule has 25 heavy (non-hydrogen) atoms. The van der Waals surface area contributed by atoms with Crippen molar-refractivity contribution in [3.63, 3.8) is 0 Å². The number of nitrogens with two attached hydrogens (primary N) is 1. The molecule has 6 heteroatoms. The van der Waals surface area contributed by atoms with E-state index in [2.05, 4.69) is 40.7 Å². The van der Waals surface area contributed by atoms with Gasteiger partial charge in [-0.15, -0.1) is 0 Å². The van der Waals surface area contributed by atoms with Crippen molar-refractivity contribution in [1.82, 2.24) is 10.6 Å². The number of amides is 1. The molecule has 0 unspecified atom stereocenters. The Balaban J connectivity index is 1.86. The Morgan fingerprint density at radius 2 is 1.72 bits per heavy atom. The lowest BCUT2D eigenvalue weighted by atomic mass is 10.1. The SMILES string of the molecule is CN=C(NCc1cccc(C)c1)NCc1cccc(OCC(N)=O)c1. The van der Waals surface area contributed by atoms with E-state index >= 15 is 0 Å². The van der Waals surface area contributed by atoms with Crippen LogP contribution < -0.4 is 21.1 Å². The average molecular weight is 340 g/mol. The molecule has 1 amide bonds. The number of primary amides is 1. The van der Waals surface area contributed by atoms with Gasteiger partial charge < -0.3 is 21.1 Å². The number of carbonyl (C=O) groups is 1. The molecule has 0 spiro atoms. The second-order valence-corrected chi connectivity index (χ2v) is 5.67. The Labute approximate surface area is 148 Å². The molecule has 132 valence electrons. The third-order valence-electron chi connectivity index (χ3n) is 3.51. The number of rotatable bonds is 7. The van der Waals surface area contributed by atoms with Crippen molar-refractivity contribution in [3.05, 3.63) is 65.2 Å². The molecule has 2 aromatic rings. The predicted octanol–water partition coefficient (Wildman–Crippen LogP) is 1.72. The van der Waals surface area contributed by atoms with Gasteiger partial charge in [-0.1, -0.05) is 42.0 Å². The van der Waals surface area contributed by atoms with Crippen molar-refractivity contribution in [2.24, 2.45) is 10.7 Å². The highest BCUT2D eigenvalue weighted by molar-refractivity contribution is 5.79. The minimum absolute atomic E-state index is 0.128. The smallest absolute Gasteiger partial charge is 0.255 e. The van der Waals surface area contributed by atoms with Gasteiger partial charge in [-0.3, -0.25) is 9.79 Å². The molecule has 0 saturated heterocycles.